The predicted octanol–water partition coefficient (Wildman–Crippen LogP) is 3.57. The maximum atomic E-state index is 13.2. The number of hydrogen-bond acceptors (Lipinski definition) is 1. The lowest BCUT2D eigenvalue weighted by Crippen LogP contribution is -2.26. The van der Waals surface area contributed by atoms with Crippen molar-refractivity contribution in [1.29, 1.82) is 0 Å². The molecule has 0 aromatic heterocycles. The van der Waals surface area contributed by atoms with Crippen LogP contribution in [-0.4, -0.2) is 11.2 Å². The molecule has 1 saturated carbocycles. The Morgan fingerprint density at radius 1 is 1.31 bits per heavy atom. The summed E-state index contributed by atoms with van der Waals surface area (Å²) in [6, 6.07) is 4.88. The van der Waals surface area contributed by atoms with Crippen LogP contribution in [-0.2, 0) is 6.42 Å². The van der Waals surface area contributed by atoms with E-state index in [0.29, 0.717) is 6.42 Å². The molecule has 0 amide bonds. The highest BCUT2D eigenvalue weighted by atomic mass is 35.5. The lowest BCUT2D eigenvalue weighted by Gasteiger charge is -2.27. The zero-order valence-electron chi connectivity index (χ0n) is 9.13. The van der Waals surface area contributed by atoms with Crippen LogP contribution in [0.3, 0.4) is 0 Å². The zero-order chi connectivity index (χ0) is 11.5. The number of rotatable bonds is 2. The van der Waals surface area contributed by atoms with E-state index in [0.717, 1.165) is 31.2 Å². The molecule has 16 heavy (non-hydrogen) atoms. The van der Waals surface area contributed by atoms with E-state index in [4.69, 9.17) is 11.6 Å². The van der Waals surface area contributed by atoms with Crippen LogP contribution < -0.4 is 0 Å². The average Bonchev–Trinajstić information content (AvgIpc) is 2.28. The van der Waals surface area contributed by atoms with Gasteiger partial charge in [0.05, 0.1) is 11.1 Å². The molecule has 2 unspecified atom stereocenters. The molecule has 0 saturated heterocycles. The lowest BCUT2D eigenvalue weighted by molar-refractivity contribution is 0.0700. The van der Waals surface area contributed by atoms with E-state index >= 15 is 0 Å². The molecule has 1 N–H and O–H groups in total. The Bertz CT molecular complexity index is 367. The van der Waals surface area contributed by atoms with E-state index in [-0.39, 0.29) is 22.9 Å². The Labute approximate surface area is 100 Å². The van der Waals surface area contributed by atoms with E-state index in [9.17, 15) is 9.50 Å². The molecule has 1 aromatic rings. The van der Waals surface area contributed by atoms with Crippen LogP contribution in [0.1, 0.15) is 31.2 Å². The van der Waals surface area contributed by atoms with E-state index in [1.54, 1.807) is 6.07 Å². The van der Waals surface area contributed by atoms with E-state index in [1.807, 2.05) is 6.07 Å². The van der Waals surface area contributed by atoms with E-state index in [1.165, 1.54) is 6.07 Å². The van der Waals surface area contributed by atoms with Gasteiger partial charge in [0.2, 0.25) is 0 Å². The Balaban J connectivity index is 2.10. The highest BCUT2D eigenvalue weighted by Crippen LogP contribution is 2.30. The minimum absolute atomic E-state index is 0.209. The van der Waals surface area contributed by atoms with Gasteiger partial charge in [-0.15, -0.1) is 0 Å². The van der Waals surface area contributed by atoms with Crippen molar-refractivity contribution in [1.82, 2.24) is 0 Å². The Hall–Kier alpha value is -0.600. The van der Waals surface area contributed by atoms with Gasteiger partial charge in [-0.05, 0) is 36.8 Å². The van der Waals surface area contributed by atoms with Gasteiger partial charge in [0.15, 0.2) is 0 Å². The smallest absolute Gasteiger partial charge is 0.142 e. The van der Waals surface area contributed by atoms with Gasteiger partial charge in [0.25, 0.3) is 0 Å². The fourth-order valence-corrected chi connectivity index (χ4v) is 2.62. The third-order valence-corrected chi connectivity index (χ3v) is 3.81. The molecule has 0 bridgehead atoms. The first-order valence-electron chi connectivity index (χ1n) is 5.79. The van der Waals surface area contributed by atoms with Crippen molar-refractivity contribution in [3.8, 4) is 0 Å². The fourth-order valence-electron chi connectivity index (χ4n) is 2.41. The second-order valence-corrected chi connectivity index (χ2v) is 4.91. The average molecular weight is 243 g/mol. The summed E-state index contributed by atoms with van der Waals surface area (Å²) in [6.45, 7) is 0. The highest BCUT2D eigenvalue weighted by molar-refractivity contribution is 6.31. The van der Waals surface area contributed by atoms with Crippen molar-refractivity contribution in [3.05, 3.63) is 34.6 Å². The second-order valence-electron chi connectivity index (χ2n) is 4.53. The normalized spacial score (nSPS) is 25.7. The van der Waals surface area contributed by atoms with Gasteiger partial charge in [0.1, 0.15) is 5.82 Å². The molecule has 1 nitrogen and oxygen atoms in total. The molecule has 3 heteroatoms. The van der Waals surface area contributed by atoms with Crippen LogP contribution >= 0.6 is 11.6 Å². The largest absolute Gasteiger partial charge is 0.393 e. The van der Waals surface area contributed by atoms with Gasteiger partial charge in [-0.1, -0.05) is 36.6 Å². The zero-order valence-corrected chi connectivity index (χ0v) is 9.88. The molecule has 1 fully saturated rings. The second kappa shape index (κ2) is 5.15. The summed E-state index contributed by atoms with van der Waals surface area (Å²) in [6.07, 6.45) is 4.53. The van der Waals surface area contributed by atoms with Crippen molar-refractivity contribution in [2.75, 3.05) is 0 Å². The molecule has 0 spiro atoms. The maximum absolute atomic E-state index is 13.2. The summed E-state index contributed by atoms with van der Waals surface area (Å²) in [4.78, 5) is 0. The van der Waals surface area contributed by atoms with Crippen LogP contribution in [0.25, 0.3) is 0 Å². The summed E-state index contributed by atoms with van der Waals surface area (Å²) in [7, 11) is 0. The quantitative estimate of drug-likeness (QED) is 0.841. The van der Waals surface area contributed by atoms with E-state index < -0.39 is 0 Å². The van der Waals surface area contributed by atoms with Gasteiger partial charge in [-0.2, -0.15) is 0 Å². The fraction of sp³-hybridized carbons (Fsp3) is 0.538. The number of aliphatic hydroxyl groups excluding tert-OH is 1. The van der Waals surface area contributed by atoms with Crippen molar-refractivity contribution in [2.24, 2.45) is 5.92 Å². The molecule has 88 valence electrons. The molecule has 2 atom stereocenters. The van der Waals surface area contributed by atoms with E-state index in [2.05, 4.69) is 0 Å². The number of benzene rings is 1. The third-order valence-electron chi connectivity index (χ3n) is 3.38. The van der Waals surface area contributed by atoms with Gasteiger partial charge >= 0.3 is 0 Å². The molecule has 1 aliphatic rings. The Morgan fingerprint density at radius 2 is 2.06 bits per heavy atom. The first-order chi connectivity index (χ1) is 7.68. The Morgan fingerprint density at radius 3 is 2.81 bits per heavy atom. The van der Waals surface area contributed by atoms with Crippen LogP contribution in [0.2, 0.25) is 5.02 Å². The number of halogens is 2. The molecule has 0 heterocycles. The first-order valence-corrected chi connectivity index (χ1v) is 6.17. The van der Waals surface area contributed by atoms with Crippen LogP contribution in [0.4, 0.5) is 4.39 Å². The molecular formula is C13H16ClFO. The van der Waals surface area contributed by atoms with Crippen molar-refractivity contribution >= 4 is 11.6 Å². The summed E-state index contributed by atoms with van der Waals surface area (Å²) in [5.74, 6) is -0.141. The van der Waals surface area contributed by atoms with Gasteiger partial charge in [-0.25, -0.2) is 4.39 Å². The molecule has 1 aromatic carbocycles. The van der Waals surface area contributed by atoms with Crippen LogP contribution in [0.5, 0.6) is 0 Å². The number of hydrogen-bond donors (Lipinski definition) is 1. The molecule has 1 aliphatic carbocycles. The summed E-state index contributed by atoms with van der Waals surface area (Å²) < 4.78 is 13.2. The number of aliphatic hydroxyl groups is 1. The third kappa shape index (κ3) is 2.55. The minimum atomic E-state index is -0.371. The summed E-state index contributed by atoms with van der Waals surface area (Å²) in [5.41, 5.74) is 0.813. The SMILES string of the molecule is OC1CCCCC1Cc1cccc(F)c1Cl. The minimum Gasteiger partial charge on any atom is -0.393 e. The molecule has 0 aliphatic heterocycles. The monoisotopic (exact) mass is 242 g/mol. The van der Waals surface area contributed by atoms with Crippen LogP contribution in [0.15, 0.2) is 18.2 Å². The summed E-state index contributed by atoms with van der Waals surface area (Å²) in [5, 5.41) is 10.1. The predicted molar refractivity (Wildman–Crippen MR) is 63.1 cm³/mol. The van der Waals surface area contributed by atoms with Crippen molar-refractivity contribution < 1.29 is 9.50 Å². The standard InChI is InChI=1S/C13H16ClFO/c14-13-10(5-3-6-11(13)15)8-9-4-1-2-7-12(9)16/h3,5-6,9,12,16H,1-2,4,7-8H2. The molecule has 2 rings (SSSR count). The van der Waals surface area contributed by atoms with Crippen LogP contribution in [0, 0.1) is 11.7 Å². The van der Waals surface area contributed by atoms with Gasteiger partial charge in [-0.3, -0.25) is 0 Å². The maximum Gasteiger partial charge on any atom is 0.142 e. The Kier molecular flexibility index (Phi) is 3.82. The lowest BCUT2D eigenvalue weighted by atomic mass is 9.82. The molecular weight excluding hydrogens is 227 g/mol. The van der Waals surface area contributed by atoms with Crippen molar-refractivity contribution in [2.45, 2.75) is 38.2 Å². The first kappa shape index (κ1) is 11.9. The van der Waals surface area contributed by atoms with Crippen molar-refractivity contribution in [3.63, 3.8) is 0 Å². The summed E-state index contributed by atoms with van der Waals surface area (Å²) >= 11 is 5.90. The molecule has 0 radical (unpaired) electrons. The van der Waals surface area contributed by atoms with Gasteiger partial charge < -0.3 is 5.11 Å². The van der Waals surface area contributed by atoms with Gasteiger partial charge in [0, 0.05) is 0 Å². The highest BCUT2D eigenvalue weighted by Gasteiger charge is 2.24. The topological polar surface area (TPSA) is 20.2 Å².